The predicted molar refractivity (Wildman–Crippen MR) is 136 cm³/mol. The lowest BCUT2D eigenvalue weighted by Crippen LogP contribution is -2.50. The van der Waals surface area contributed by atoms with Gasteiger partial charge in [0.15, 0.2) is 5.82 Å². The molecule has 3 aromatic heterocycles. The zero-order valence-corrected chi connectivity index (χ0v) is 21.0. The topological polar surface area (TPSA) is 126 Å². The maximum absolute atomic E-state index is 13.6. The van der Waals surface area contributed by atoms with Crippen LogP contribution in [0.3, 0.4) is 0 Å². The lowest BCUT2D eigenvalue weighted by molar-refractivity contribution is -0.121. The van der Waals surface area contributed by atoms with Gasteiger partial charge in [-0.1, -0.05) is 30.3 Å². The van der Waals surface area contributed by atoms with Crippen molar-refractivity contribution >= 4 is 29.3 Å². The number of carbonyl (C=O) groups is 2. The van der Waals surface area contributed by atoms with E-state index in [0.29, 0.717) is 11.5 Å². The molecule has 4 aromatic rings. The van der Waals surface area contributed by atoms with Crippen LogP contribution in [0.5, 0.6) is 0 Å². The van der Waals surface area contributed by atoms with Crippen LogP contribution in [0.2, 0.25) is 0 Å². The number of amides is 2. The fourth-order valence-electron chi connectivity index (χ4n) is 3.45. The molecule has 0 aliphatic carbocycles. The Labute approximate surface area is 212 Å². The van der Waals surface area contributed by atoms with Crippen molar-refractivity contribution in [3.05, 3.63) is 77.0 Å². The highest BCUT2D eigenvalue weighted by atomic mass is 32.1. The number of aromatic amines is 1. The first-order valence-electron chi connectivity index (χ1n) is 11.3. The van der Waals surface area contributed by atoms with Crippen molar-refractivity contribution in [1.82, 2.24) is 30.0 Å². The second kappa shape index (κ2) is 11.1. The number of hydrogen-bond acceptors (Lipinski definition) is 8. The van der Waals surface area contributed by atoms with Crippen molar-refractivity contribution in [2.75, 3.05) is 5.32 Å². The Kier molecular flexibility index (Phi) is 7.69. The quantitative estimate of drug-likeness (QED) is 0.365. The molecule has 0 aliphatic rings. The van der Waals surface area contributed by atoms with Gasteiger partial charge in [0, 0.05) is 29.8 Å². The Morgan fingerprint density at radius 1 is 1.11 bits per heavy atom. The van der Waals surface area contributed by atoms with Crippen molar-refractivity contribution in [2.24, 2.45) is 0 Å². The maximum Gasteiger partial charge on any atom is 0.411 e. The van der Waals surface area contributed by atoms with E-state index < -0.39 is 23.6 Å². The molecule has 0 spiro atoms. The first-order valence-corrected chi connectivity index (χ1v) is 12.3. The standard InChI is InChI=1S/C25H27N7O3S/c1-25(2,3)35-24(34)32(14-19-15-36-16-27-19)20(13-17-7-5-4-6-8-17)22(33)29-23-28-21(30-31-23)18-9-11-26-12-10-18/h4-12,15-16,20H,13-14H2,1-3H3,(H2,28,29,30,31,33)/t20-/m0/s1. The SMILES string of the molecule is CC(C)(C)OC(=O)N(Cc1cscn1)[C@@H](Cc1ccccc1)C(=O)Nc1nnc(-c2ccncc2)[nH]1. The van der Waals surface area contributed by atoms with E-state index in [-0.39, 0.29) is 18.9 Å². The molecule has 4 rings (SSSR count). The molecule has 0 saturated heterocycles. The van der Waals surface area contributed by atoms with Gasteiger partial charge in [0.05, 0.1) is 17.7 Å². The Morgan fingerprint density at radius 3 is 2.53 bits per heavy atom. The smallest absolute Gasteiger partial charge is 0.411 e. The molecular weight excluding hydrogens is 478 g/mol. The number of H-pyrrole nitrogens is 1. The van der Waals surface area contributed by atoms with Gasteiger partial charge in [0.1, 0.15) is 11.6 Å². The molecule has 0 unspecified atom stereocenters. The Morgan fingerprint density at radius 2 is 1.86 bits per heavy atom. The van der Waals surface area contributed by atoms with Crippen molar-refractivity contribution in [2.45, 2.75) is 45.4 Å². The molecule has 1 aromatic carbocycles. The molecular formula is C25H27N7O3S. The molecule has 0 fully saturated rings. The number of anilines is 1. The van der Waals surface area contributed by atoms with Crippen LogP contribution in [0.15, 0.2) is 65.7 Å². The molecule has 2 amide bonds. The molecule has 0 aliphatic heterocycles. The van der Waals surface area contributed by atoms with Crippen LogP contribution in [-0.2, 0) is 22.5 Å². The van der Waals surface area contributed by atoms with Gasteiger partial charge >= 0.3 is 6.09 Å². The number of rotatable bonds is 8. The highest BCUT2D eigenvalue weighted by Gasteiger charge is 2.34. The third-order valence-electron chi connectivity index (χ3n) is 5.08. The summed E-state index contributed by atoms with van der Waals surface area (Å²) in [7, 11) is 0. The van der Waals surface area contributed by atoms with Gasteiger partial charge in [-0.3, -0.25) is 20.0 Å². The number of pyridine rings is 1. The second-order valence-electron chi connectivity index (χ2n) is 9.04. The van der Waals surface area contributed by atoms with Gasteiger partial charge in [-0.2, -0.15) is 0 Å². The summed E-state index contributed by atoms with van der Waals surface area (Å²) >= 11 is 1.42. The van der Waals surface area contributed by atoms with E-state index in [4.69, 9.17) is 4.74 Å². The number of nitrogens with one attached hydrogen (secondary N) is 2. The number of ether oxygens (including phenoxy) is 1. The van der Waals surface area contributed by atoms with Gasteiger partial charge in [0.25, 0.3) is 0 Å². The molecule has 1 atom stereocenters. The van der Waals surface area contributed by atoms with Crippen LogP contribution in [0.25, 0.3) is 11.4 Å². The van der Waals surface area contributed by atoms with Crippen LogP contribution < -0.4 is 5.32 Å². The number of carbonyl (C=O) groups excluding carboxylic acids is 2. The van der Waals surface area contributed by atoms with E-state index in [2.05, 4.69) is 30.5 Å². The minimum absolute atomic E-state index is 0.113. The van der Waals surface area contributed by atoms with Gasteiger partial charge in [-0.05, 0) is 38.5 Å². The highest BCUT2D eigenvalue weighted by molar-refractivity contribution is 7.07. The lowest BCUT2D eigenvalue weighted by Gasteiger charge is -2.32. The third-order valence-corrected chi connectivity index (χ3v) is 5.71. The van der Waals surface area contributed by atoms with E-state index >= 15 is 0 Å². The molecule has 11 heteroatoms. The molecule has 0 bridgehead atoms. The Hall–Kier alpha value is -4.12. The maximum atomic E-state index is 13.6. The number of hydrogen-bond donors (Lipinski definition) is 2. The van der Waals surface area contributed by atoms with E-state index in [0.717, 1.165) is 11.1 Å². The summed E-state index contributed by atoms with van der Waals surface area (Å²) in [6, 6.07) is 12.1. The zero-order chi connectivity index (χ0) is 25.5. The molecule has 36 heavy (non-hydrogen) atoms. The zero-order valence-electron chi connectivity index (χ0n) is 20.2. The minimum atomic E-state index is -0.904. The monoisotopic (exact) mass is 505 g/mol. The van der Waals surface area contributed by atoms with E-state index in [9.17, 15) is 9.59 Å². The first kappa shape index (κ1) is 25.0. The third kappa shape index (κ3) is 6.72. The van der Waals surface area contributed by atoms with Crippen LogP contribution in [0.4, 0.5) is 10.7 Å². The first-order chi connectivity index (χ1) is 17.3. The summed E-state index contributed by atoms with van der Waals surface area (Å²) in [6.07, 6.45) is 2.94. The van der Waals surface area contributed by atoms with E-state index in [1.165, 1.54) is 16.2 Å². The molecule has 0 saturated carbocycles. The minimum Gasteiger partial charge on any atom is -0.444 e. The van der Waals surface area contributed by atoms with Crippen LogP contribution in [0.1, 0.15) is 32.0 Å². The van der Waals surface area contributed by atoms with Gasteiger partial charge < -0.3 is 9.72 Å². The Balaban J connectivity index is 1.63. The summed E-state index contributed by atoms with van der Waals surface area (Å²) in [5.74, 6) is 0.221. The average molecular weight is 506 g/mol. The molecule has 10 nitrogen and oxygen atoms in total. The van der Waals surface area contributed by atoms with Crippen molar-refractivity contribution in [3.8, 4) is 11.4 Å². The Bertz CT molecular complexity index is 1270. The van der Waals surface area contributed by atoms with Crippen molar-refractivity contribution in [1.29, 1.82) is 0 Å². The normalized spacial score (nSPS) is 12.1. The largest absolute Gasteiger partial charge is 0.444 e. The number of thiazole rings is 1. The van der Waals surface area contributed by atoms with Gasteiger partial charge in [-0.15, -0.1) is 21.5 Å². The van der Waals surface area contributed by atoms with Crippen molar-refractivity contribution in [3.63, 3.8) is 0 Å². The van der Waals surface area contributed by atoms with E-state index in [1.54, 1.807) is 50.8 Å². The molecule has 2 N–H and O–H groups in total. The molecule has 0 radical (unpaired) electrons. The van der Waals surface area contributed by atoms with Gasteiger partial charge in [-0.25, -0.2) is 9.78 Å². The van der Waals surface area contributed by atoms with Crippen LogP contribution in [-0.4, -0.2) is 53.7 Å². The summed E-state index contributed by atoms with van der Waals surface area (Å²) in [5, 5.41) is 12.8. The fraction of sp³-hybridized carbons (Fsp3) is 0.280. The van der Waals surface area contributed by atoms with Gasteiger partial charge in [0.2, 0.25) is 11.9 Å². The number of nitrogens with zero attached hydrogens (tertiary/aromatic N) is 5. The molecule has 3 heterocycles. The van der Waals surface area contributed by atoms with Crippen molar-refractivity contribution < 1.29 is 14.3 Å². The van der Waals surface area contributed by atoms with Crippen LogP contribution >= 0.6 is 11.3 Å². The highest BCUT2D eigenvalue weighted by Crippen LogP contribution is 2.20. The number of benzene rings is 1. The average Bonchev–Trinajstić information content (AvgIpc) is 3.54. The lowest BCUT2D eigenvalue weighted by atomic mass is 10.0. The second-order valence-corrected chi connectivity index (χ2v) is 9.76. The van der Waals surface area contributed by atoms with E-state index in [1.807, 2.05) is 35.7 Å². The summed E-state index contributed by atoms with van der Waals surface area (Å²) < 4.78 is 5.67. The van der Waals surface area contributed by atoms with Crippen LogP contribution in [0, 0.1) is 0 Å². The summed E-state index contributed by atoms with van der Waals surface area (Å²) in [4.78, 5) is 39.7. The summed E-state index contributed by atoms with van der Waals surface area (Å²) in [6.45, 7) is 5.47. The predicted octanol–water partition coefficient (Wildman–Crippen LogP) is 4.31. The summed E-state index contributed by atoms with van der Waals surface area (Å²) in [5.41, 5.74) is 3.27. The fourth-order valence-corrected chi connectivity index (χ4v) is 4.00. The number of aromatic nitrogens is 5. The molecule has 186 valence electrons.